The summed E-state index contributed by atoms with van der Waals surface area (Å²) in [4.78, 5) is 20.5. The Morgan fingerprint density at radius 3 is 2.61 bits per heavy atom. The van der Waals surface area contributed by atoms with Crippen LogP contribution in [0, 0.1) is 11.8 Å². The van der Waals surface area contributed by atoms with Crippen molar-refractivity contribution >= 4 is 28.6 Å². The summed E-state index contributed by atoms with van der Waals surface area (Å²) in [5, 5.41) is 13.0. The van der Waals surface area contributed by atoms with Crippen molar-refractivity contribution in [2.24, 2.45) is 11.8 Å². The van der Waals surface area contributed by atoms with E-state index in [-0.39, 0.29) is 12.6 Å². The van der Waals surface area contributed by atoms with E-state index in [0.29, 0.717) is 35.4 Å². The molecule has 0 amide bonds. The molecule has 3 atom stereocenters. The van der Waals surface area contributed by atoms with E-state index in [2.05, 4.69) is 39.0 Å². The number of rotatable bonds is 6. The fourth-order valence-electron chi connectivity index (χ4n) is 5.23. The number of aliphatic hydroxyl groups is 1. The minimum Gasteiger partial charge on any atom is -0.388 e. The number of fused-ring (bicyclic) bond motifs is 3. The largest absolute Gasteiger partial charge is 0.388 e. The number of anilines is 3. The number of hydrogen-bond acceptors (Lipinski definition) is 8. The van der Waals surface area contributed by atoms with Crippen molar-refractivity contribution < 1.29 is 9.84 Å². The van der Waals surface area contributed by atoms with Crippen LogP contribution in [-0.4, -0.2) is 55.9 Å². The van der Waals surface area contributed by atoms with E-state index in [1.165, 1.54) is 12.8 Å². The van der Waals surface area contributed by atoms with E-state index in [0.717, 1.165) is 30.1 Å². The van der Waals surface area contributed by atoms with Gasteiger partial charge in [-0.3, -0.25) is 0 Å². The van der Waals surface area contributed by atoms with Crippen LogP contribution in [-0.2, 0) is 11.3 Å². The van der Waals surface area contributed by atoms with Crippen molar-refractivity contribution in [3.8, 4) is 0 Å². The van der Waals surface area contributed by atoms with Crippen LogP contribution in [0.1, 0.15) is 38.6 Å². The van der Waals surface area contributed by atoms with Crippen LogP contribution in [0.25, 0.3) is 11.0 Å². The summed E-state index contributed by atoms with van der Waals surface area (Å²) < 4.78 is 7.76. The van der Waals surface area contributed by atoms with Crippen molar-refractivity contribution in [3.05, 3.63) is 30.4 Å². The molecule has 0 unspecified atom stereocenters. The van der Waals surface area contributed by atoms with Crippen molar-refractivity contribution in [1.82, 2.24) is 24.5 Å². The fourth-order valence-corrected chi connectivity index (χ4v) is 5.23. The SMILES string of the molecule is CO[C@H]1[C@@H]2CC[C@H]1CN(c1nccc(Nc3cc4c(cn3)nc(CO)n4C(C)C)n1)C2. The molecular formula is C22H29N7O2. The number of hydrogen-bond donors (Lipinski definition) is 2. The van der Waals surface area contributed by atoms with E-state index in [1.807, 2.05) is 23.8 Å². The van der Waals surface area contributed by atoms with Gasteiger partial charge in [-0.2, -0.15) is 4.98 Å². The molecule has 0 spiro atoms. The number of methoxy groups -OCH3 is 1. The summed E-state index contributed by atoms with van der Waals surface area (Å²) in [5.74, 6) is 3.86. The lowest BCUT2D eigenvalue weighted by Crippen LogP contribution is -2.46. The van der Waals surface area contributed by atoms with Gasteiger partial charge in [0, 0.05) is 50.3 Å². The maximum atomic E-state index is 9.65. The van der Waals surface area contributed by atoms with Crippen molar-refractivity contribution in [1.29, 1.82) is 0 Å². The number of piperidine rings is 1. The maximum Gasteiger partial charge on any atom is 0.227 e. The van der Waals surface area contributed by atoms with Gasteiger partial charge in [-0.05, 0) is 32.8 Å². The predicted molar refractivity (Wildman–Crippen MR) is 118 cm³/mol. The second kappa shape index (κ2) is 8.05. The van der Waals surface area contributed by atoms with Crippen LogP contribution in [0.3, 0.4) is 0 Å². The topological polar surface area (TPSA) is 101 Å². The molecule has 5 rings (SSSR count). The summed E-state index contributed by atoms with van der Waals surface area (Å²) in [5.41, 5.74) is 1.70. The van der Waals surface area contributed by atoms with E-state index in [1.54, 1.807) is 12.4 Å². The number of nitrogens with one attached hydrogen (secondary N) is 1. The first-order valence-electron chi connectivity index (χ1n) is 10.9. The molecule has 0 aromatic carbocycles. The van der Waals surface area contributed by atoms with E-state index in [4.69, 9.17) is 9.72 Å². The zero-order chi connectivity index (χ0) is 21.5. The number of imidazole rings is 1. The molecule has 164 valence electrons. The lowest BCUT2D eigenvalue weighted by molar-refractivity contribution is 0.0293. The summed E-state index contributed by atoms with van der Waals surface area (Å²) >= 11 is 0. The van der Waals surface area contributed by atoms with Gasteiger partial charge in [-0.1, -0.05) is 0 Å². The molecule has 0 radical (unpaired) electrons. The van der Waals surface area contributed by atoms with E-state index < -0.39 is 0 Å². The molecule has 2 N–H and O–H groups in total. The molecule has 3 aromatic rings. The van der Waals surface area contributed by atoms with Crippen molar-refractivity contribution in [2.75, 3.05) is 30.4 Å². The molecule has 2 bridgehead atoms. The third-order valence-corrected chi connectivity index (χ3v) is 6.51. The Hall–Kier alpha value is -2.78. The monoisotopic (exact) mass is 423 g/mol. The van der Waals surface area contributed by atoms with Crippen LogP contribution in [0.15, 0.2) is 24.5 Å². The minimum atomic E-state index is -0.105. The first-order valence-corrected chi connectivity index (χ1v) is 10.9. The lowest BCUT2D eigenvalue weighted by Gasteiger charge is -2.37. The number of aromatic nitrogens is 5. The Balaban J connectivity index is 1.39. The summed E-state index contributed by atoms with van der Waals surface area (Å²) in [6.45, 7) is 5.90. The first kappa shape index (κ1) is 20.1. The molecule has 1 saturated carbocycles. The van der Waals surface area contributed by atoms with Gasteiger partial charge in [0.05, 0.1) is 17.8 Å². The van der Waals surface area contributed by atoms with Gasteiger partial charge in [0.15, 0.2) is 0 Å². The minimum absolute atomic E-state index is 0.105. The lowest BCUT2D eigenvalue weighted by atomic mass is 9.95. The molecule has 3 aromatic heterocycles. The average molecular weight is 424 g/mol. The van der Waals surface area contributed by atoms with E-state index in [9.17, 15) is 5.11 Å². The van der Waals surface area contributed by atoms with Crippen LogP contribution < -0.4 is 10.2 Å². The molecule has 1 aliphatic carbocycles. The quantitative estimate of drug-likeness (QED) is 0.624. The third kappa shape index (κ3) is 3.61. The fraction of sp³-hybridized carbons (Fsp3) is 0.545. The van der Waals surface area contributed by atoms with Gasteiger partial charge < -0.3 is 24.6 Å². The van der Waals surface area contributed by atoms with Gasteiger partial charge in [0.1, 0.15) is 29.6 Å². The molecule has 4 heterocycles. The predicted octanol–water partition coefficient (Wildman–Crippen LogP) is 2.90. The second-order valence-corrected chi connectivity index (χ2v) is 8.78. The number of nitrogens with zero attached hydrogens (tertiary/aromatic N) is 6. The average Bonchev–Trinajstić information content (AvgIpc) is 3.26. The van der Waals surface area contributed by atoms with Gasteiger partial charge >= 0.3 is 0 Å². The molecule has 9 heteroatoms. The summed E-state index contributed by atoms with van der Waals surface area (Å²) in [6, 6.07) is 3.98. The molecule has 2 aliphatic rings. The van der Waals surface area contributed by atoms with Crippen LogP contribution in [0.2, 0.25) is 0 Å². The zero-order valence-corrected chi connectivity index (χ0v) is 18.2. The molecule has 9 nitrogen and oxygen atoms in total. The smallest absolute Gasteiger partial charge is 0.227 e. The normalized spacial score (nSPS) is 23.1. The second-order valence-electron chi connectivity index (χ2n) is 8.78. The Kier molecular flexibility index (Phi) is 5.23. The molecule has 1 aliphatic heterocycles. The molecule has 1 saturated heterocycles. The highest BCUT2D eigenvalue weighted by atomic mass is 16.5. The summed E-state index contributed by atoms with van der Waals surface area (Å²) in [6.07, 6.45) is 6.30. The Bertz CT molecular complexity index is 1070. The zero-order valence-electron chi connectivity index (χ0n) is 18.2. The van der Waals surface area contributed by atoms with E-state index >= 15 is 0 Å². The number of ether oxygens (including phenoxy) is 1. The van der Waals surface area contributed by atoms with Crippen LogP contribution in [0.5, 0.6) is 0 Å². The Labute approximate surface area is 181 Å². The standard InChI is InChI=1S/C22H29N7O2/c1-13(2)29-17-8-19(24-9-16(17)25-20(29)12-30)26-18-6-7-23-22(27-18)28-10-14-4-5-15(11-28)21(14)31-3/h6-9,13-15,21,30H,4-5,10-12H2,1-3H3,(H,23,24,26,27)/t14-,15+,21+. The summed E-state index contributed by atoms with van der Waals surface area (Å²) in [7, 11) is 1.82. The molecule has 31 heavy (non-hydrogen) atoms. The molecule has 2 fully saturated rings. The Morgan fingerprint density at radius 2 is 1.94 bits per heavy atom. The third-order valence-electron chi connectivity index (χ3n) is 6.51. The number of pyridine rings is 1. The highest BCUT2D eigenvalue weighted by molar-refractivity contribution is 5.79. The Morgan fingerprint density at radius 1 is 1.16 bits per heavy atom. The van der Waals surface area contributed by atoms with Crippen LogP contribution in [0.4, 0.5) is 17.6 Å². The van der Waals surface area contributed by atoms with Gasteiger partial charge in [-0.25, -0.2) is 15.0 Å². The van der Waals surface area contributed by atoms with Crippen molar-refractivity contribution in [2.45, 2.75) is 45.4 Å². The van der Waals surface area contributed by atoms with Gasteiger partial charge in [0.25, 0.3) is 0 Å². The van der Waals surface area contributed by atoms with Crippen molar-refractivity contribution in [3.63, 3.8) is 0 Å². The highest BCUT2D eigenvalue weighted by Gasteiger charge is 2.42. The first-order chi connectivity index (χ1) is 15.1. The maximum absolute atomic E-state index is 9.65. The molecular weight excluding hydrogens is 394 g/mol. The van der Waals surface area contributed by atoms with Gasteiger partial charge in [-0.15, -0.1) is 0 Å². The number of aliphatic hydroxyl groups excluding tert-OH is 1. The van der Waals surface area contributed by atoms with Gasteiger partial charge in [0.2, 0.25) is 5.95 Å². The van der Waals surface area contributed by atoms with Crippen LogP contribution >= 0.6 is 0 Å². The highest BCUT2D eigenvalue weighted by Crippen LogP contribution is 2.39.